The van der Waals surface area contributed by atoms with Gasteiger partial charge in [-0.1, -0.05) is 29.5 Å². The van der Waals surface area contributed by atoms with Crippen LogP contribution in [0, 0.1) is 19.8 Å². The number of benzene rings is 1. The van der Waals surface area contributed by atoms with Gasteiger partial charge in [-0.15, -0.1) is 10.2 Å². The van der Waals surface area contributed by atoms with Crippen molar-refractivity contribution in [2.45, 2.75) is 33.1 Å². The SMILES string of the molecule is Cc1ccc(C)n1-c1nnc(N2CCC[C@@H](C(=O)NCCc3c[nH]c4ccccc34)C2)s1. The molecule has 3 aromatic heterocycles. The number of rotatable bonds is 6. The number of aromatic amines is 1. The predicted molar refractivity (Wildman–Crippen MR) is 129 cm³/mol. The highest BCUT2D eigenvalue weighted by Crippen LogP contribution is 2.29. The van der Waals surface area contributed by atoms with E-state index in [9.17, 15) is 4.79 Å². The Labute approximate surface area is 191 Å². The van der Waals surface area contributed by atoms with Crippen LogP contribution in [-0.2, 0) is 11.2 Å². The number of piperidine rings is 1. The van der Waals surface area contributed by atoms with Crippen LogP contribution < -0.4 is 10.2 Å². The summed E-state index contributed by atoms with van der Waals surface area (Å²) in [6.45, 7) is 6.40. The van der Waals surface area contributed by atoms with E-state index in [4.69, 9.17) is 0 Å². The minimum atomic E-state index is -0.0193. The van der Waals surface area contributed by atoms with Gasteiger partial charge in [0.15, 0.2) is 0 Å². The molecule has 1 aromatic carbocycles. The number of aryl methyl sites for hydroxylation is 2. The van der Waals surface area contributed by atoms with Crippen LogP contribution in [0.5, 0.6) is 0 Å². The van der Waals surface area contributed by atoms with E-state index < -0.39 is 0 Å². The van der Waals surface area contributed by atoms with Crippen molar-refractivity contribution >= 4 is 33.3 Å². The summed E-state index contributed by atoms with van der Waals surface area (Å²) in [6, 6.07) is 12.5. The molecule has 1 aliphatic rings. The molecule has 4 heterocycles. The number of anilines is 1. The molecule has 1 aliphatic heterocycles. The first-order chi connectivity index (χ1) is 15.6. The molecule has 4 aromatic rings. The van der Waals surface area contributed by atoms with E-state index >= 15 is 0 Å². The van der Waals surface area contributed by atoms with E-state index in [-0.39, 0.29) is 11.8 Å². The molecule has 0 bridgehead atoms. The Morgan fingerprint density at radius 1 is 1.16 bits per heavy atom. The summed E-state index contributed by atoms with van der Waals surface area (Å²) < 4.78 is 2.13. The van der Waals surface area contributed by atoms with Crippen LogP contribution in [0.15, 0.2) is 42.6 Å². The van der Waals surface area contributed by atoms with Gasteiger partial charge < -0.3 is 15.2 Å². The van der Waals surface area contributed by atoms with Gasteiger partial charge in [0.2, 0.25) is 16.2 Å². The lowest BCUT2D eigenvalue weighted by Gasteiger charge is -2.31. The van der Waals surface area contributed by atoms with Crippen LogP contribution in [0.1, 0.15) is 29.8 Å². The van der Waals surface area contributed by atoms with Crippen LogP contribution in [0.4, 0.5) is 5.13 Å². The highest BCUT2D eigenvalue weighted by atomic mass is 32.1. The van der Waals surface area contributed by atoms with Crippen molar-refractivity contribution in [3.63, 3.8) is 0 Å². The third kappa shape index (κ3) is 4.02. The summed E-state index contributed by atoms with van der Waals surface area (Å²) in [7, 11) is 0. The number of aromatic nitrogens is 4. The highest BCUT2D eigenvalue weighted by Gasteiger charge is 2.28. The summed E-state index contributed by atoms with van der Waals surface area (Å²) in [4.78, 5) is 18.4. The van der Waals surface area contributed by atoms with Crippen molar-refractivity contribution in [1.29, 1.82) is 0 Å². The standard InChI is InChI=1S/C24H28N6OS/c1-16-9-10-17(2)30(16)24-28-27-23(32-24)29-13-5-6-19(15-29)22(31)25-12-11-18-14-26-21-8-4-3-7-20(18)21/h3-4,7-10,14,19,26H,5-6,11-13,15H2,1-2H3,(H,25,31)/t19-/m1/s1. The first-order valence-electron chi connectivity index (χ1n) is 11.2. The van der Waals surface area contributed by atoms with Crippen LogP contribution in [0.2, 0.25) is 0 Å². The topological polar surface area (TPSA) is 78.8 Å². The molecule has 32 heavy (non-hydrogen) atoms. The van der Waals surface area contributed by atoms with Crippen LogP contribution >= 0.6 is 11.3 Å². The Balaban J connectivity index is 1.19. The fraction of sp³-hybridized carbons (Fsp3) is 0.375. The van der Waals surface area contributed by atoms with E-state index in [2.05, 4.69) is 68.1 Å². The molecule has 1 saturated heterocycles. The minimum Gasteiger partial charge on any atom is -0.361 e. The summed E-state index contributed by atoms with van der Waals surface area (Å²) in [5, 5.41) is 15.0. The second-order valence-electron chi connectivity index (χ2n) is 8.50. The molecule has 0 spiro atoms. The van der Waals surface area contributed by atoms with Crippen molar-refractivity contribution in [3.05, 3.63) is 59.5 Å². The number of amides is 1. The Morgan fingerprint density at radius 3 is 2.78 bits per heavy atom. The van der Waals surface area contributed by atoms with Gasteiger partial charge in [0.1, 0.15) is 0 Å². The summed E-state index contributed by atoms with van der Waals surface area (Å²) in [5.41, 5.74) is 4.68. The molecule has 5 rings (SSSR count). The zero-order valence-corrected chi connectivity index (χ0v) is 19.3. The van der Waals surface area contributed by atoms with Crippen LogP contribution in [0.3, 0.4) is 0 Å². The molecule has 1 atom stereocenters. The summed E-state index contributed by atoms with van der Waals surface area (Å²) in [5.74, 6) is 0.116. The average Bonchev–Trinajstić information content (AvgIpc) is 3.53. The minimum absolute atomic E-state index is 0.0193. The fourth-order valence-corrected chi connectivity index (χ4v) is 5.57. The lowest BCUT2D eigenvalue weighted by Crippen LogP contribution is -2.43. The van der Waals surface area contributed by atoms with Gasteiger partial charge in [0, 0.05) is 48.1 Å². The number of hydrogen-bond acceptors (Lipinski definition) is 5. The van der Waals surface area contributed by atoms with E-state index in [1.807, 2.05) is 18.3 Å². The summed E-state index contributed by atoms with van der Waals surface area (Å²) in [6.07, 6.45) is 4.76. The van der Waals surface area contributed by atoms with Crippen molar-refractivity contribution in [2.75, 3.05) is 24.5 Å². The highest BCUT2D eigenvalue weighted by molar-refractivity contribution is 7.17. The molecule has 0 saturated carbocycles. The Bertz CT molecular complexity index is 1220. The Hall–Kier alpha value is -3.13. The van der Waals surface area contributed by atoms with Gasteiger partial charge in [-0.2, -0.15) is 0 Å². The largest absolute Gasteiger partial charge is 0.361 e. The lowest BCUT2D eigenvalue weighted by atomic mass is 9.97. The monoisotopic (exact) mass is 448 g/mol. The van der Waals surface area contributed by atoms with E-state index in [0.29, 0.717) is 13.1 Å². The fourth-order valence-electron chi connectivity index (χ4n) is 4.56. The van der Waals surface area contributed by atoms with Gasteiger partial charge in [0.05, 0.1) is 5.92 Å². The summed E-state index contributed by atoms with van der Waals surface area (Å²) >= 11 is 1.59. The normalized spacial score (nSPS) is 16.6. The number of fused-ring (bicyclic) bond motifs is 1. The third-order valence-corrected chi connectivity index (χ3v) is 7.27. The van der Waals surface area contributed by atoms with Crippen molar-refractivity contribution in [2.24, 2.45) is 5.92 Å². The molecule has 2 N–H and O–H groups in total. The second kappa shape index (κ2) is 8.78. The predicted octanol–water partition coefficient (Wildman–Crippen LogP) is 4.00. The quantitative estimate of drug-likeness (QED) is 0.467. The molecule has 7 nitrogen and oxygen atoms in total. The molecule has 1 amide bonds. The molecule has 1 fully saturated rings. The molecule has 166 valence electrons. The lowest BCUT2D eigenvalue weighted by molar-refractivity contribution is -0.125. The van der Waals surface area contributed by atoms with Crippen molar-refractivity contribution < 1.29 is 4.79 Å². The third-order valence-electron chi connectivity index (χ3n) is 6.30. The molecule has 8 heteroatoms. The van der Waals surface area contributed by atoms with Crippen LogP contribution in [-0.4, -0.2) is 45.3 Å². The maximum atomic E-state index is 12.9. The molecular weight excluding hydrogens is 420 g/mol. The number of hydrogen-bond donors (Lipinski definition) is 2. The molecular formula is C24H28N6OS. The zero-order chi connectivity index (χ0) is 22.1. The average molecular weight is 449 g/mol. The van der Waals surface area contributed by atoms with Gasteiger partial charge in [0.25, 0.3) is 0 Å². The number of H-pyrrole nitrogens is 1. The van der Waals surface area contributed by atoms with Crippen molar-refractivity contribution in [3.8, 4) is 5.13 Å². The first-order valence-corrected chi connectivity index (χ1v) is 12.0. The number of para-hydroxylation sites is 1. The maximum Gasteiger partial charge on any atom is 0.224 e. The van der Waals surface area contributed by atoms with Crippen molar-refractivity contribution in [1.82, 2.24) is 25.1 Å². The first kappa shape index (κ1) is 20.8. The van der Waals surface area contributed by atoms with Crippen LogP contribution in [0.25, 0.3) is 16.0 Å². The van der Waals surface area contributed by atoms with Gasteiger partial charge >= 0.3 is 0 Å². The van der Waals surface area contributed by atoms with Gasteiger partial charge in [-0.3, -0.25) is 9.36 Å². The second-order valence-corrected chi connectivity index (χ2v) is 9.44. The van der Waals surface area contributed by atoms with Gasteiger partial charge in [-0.05, 0) is 56.9 Å². The molecule has 0 aliphatic carbocycles. The van der Waals surface area contributed by atoms with E-state index in [1.165, 1.54) is 10.9 Å². The number of carbonyl (C=O) groups excluding carboxylic acids is 1. The number of nitrogens with zero attached hydrogens (tertiary/aromatic N) is 4. The Morgan fingerprint density at radius 2 is 1.94 bits per heavy atom. The number of nitrogens with one attached hydrogen (secondary N) is 2. The molecule has 0 radical (unpaired) electrons. The van der Waals surface area contributed by atoms with Gasteiger partial charge in [-0.25, -0.2) is 0 Å². The maximum absolute atomic E-state index is 12.9. The van der Waals surface area contributed by atoms with E-state index in [0.717, 1.165) is 53.0 Å². The molecule has 0 unspecified atom stereocenters. The number of carbonyl (C=O) groups is 1. The van der Waals surface area contributed by atoms with E-state index in [1.54, 1.807) is 11.3 Å². The Kier molecular flexibility index (Phi) is 5.70. The zero-order valence-electron chi connectivity index (χ0n) is 18.5. The smallest absolute Gasteiger partial charge is 0.224 e.